The van der Waals surface area contributed by atoms with Crippen molar-refractivity contribution in [1.82, 2.24) is 0 Å². The summed E-state index contributed by atoms with van der Waals surface area (Å²) < 4.78 is 5.24. The molecule has 2 amide bonds. The molecule has 4 rings (SSSR count). The molecule has 0 saturated carbocycles. The first-order valence-electron chi connectivity index (χ1n) is 9.75. The highest BCUT2D eigenvalue weighted by atomic mass is 16.5. The van der Waals surface area contributed by atoms with E-state index in [4.69, 9.17) is 4.74 Å². The predicted molar refractivity (Wildman–Crippen MR) is 110 cm³/mol. The molecule has 146 valence electrons. The smallest absolute Gasteiger partial charge is 0.229 e. The Morgan fingerprint density at radius 1 is 1.11 bits per heavy atom. The number of nitrogens with one attached hydrogen (secondary N) is 1. The Bertz CT molecular complexity index is 877. The summed E-state index contributed by atoms with van der Waals surface area (Å²) in [5.41, 5.74) is 2.64. The Kier molecular flexibility index (Phi) is 5.19. The van der Waals surface area contributed by atoms with Crippen molar-refractivity contribution in [2.75, 3.05) is 41.9 Å². The van der Waals surface area contributed by atoms with Gasteiger partial charge in [-0.2, -0.15) is 0 Å². The summed E-state index contributed by atoms with van der Waals surface area (Å²) >= 11 is 0. The summed E-state index contributed by atoms with van der Waals surface area (Å²) in [7, 11) is 1.60. The van der Waals surface area contributed by atoms with E-state index < -0.39 is 0 Å². The average Bonchev–Trinajstić information content (AvgIpc) is 3.38. The molecule has 2 aliphatic rings. The topological polar surface area (TPSA) is 61.9 Å². The number of anilines is 3. The van der Waals surface area contributed by atoms with Crippen LogP contribution in [0.5, 0.6) is 5.75 Å². The zero-order chi connectivity index (χ0) is 19.5. The zero-order valence-electron chi connectivity index (χ0n) is 16.1. The summed E-state index contributed by atoms with van der Waals surface area (Å²) in [6, 6.07) is 15.3. The Morgan fingerprint density at radius 2 is 1.89 bits per heavy atom. The molecule has 2 saturated heterocycles. The van der Waals surface area contributed by atoms with Gasteiger partial charge in [-0.3, -0.25) is 9.59 Å². The SMILES string of the molecule is COc1cccc(N2CC(C(=O)Nc3ccccc3N3CCCC3)CC2=O)c1. The first-order chi connectivity index (χ1) is 13.7. The fourth-order valence-corrected chi connectivity index (χ4v) is 3.96. The molecule has 6 nitrogen and oxygen atoms in total. The molecule has 0 radical (unpaired) electrons. The first kappa shape index (κ1) is 18.3. The number of nitrogens with zero attached hydrogens (tertiary/aromatic N) is 2. The normalized spacial score (nSPS) is 19.2. The molecule has 0 bridgehead atoms. The van der Waals surface area contributed by atoms with Crippen LogP contribution in [0, 0.1) is 5.92 Å². The standard InChI is InChI=1S/C22H25N3O3/c1-28-18-8-6-7-17(14-18)25-15-16(13-21(25)26)22(27)23-19-9-2-3-10-20(19)24-11-4-5-12-24/h2-3,6-10,14,16H,4-5,11-13,15H2,1H3,(H,23,27). The Balaban J connectivity index is 1.47. The van der Waals surface area contributed by atoms with Crippen molar-refractivity contribution in [1.29, 1.82) is 0 Å². The lowest BCUT2D eigenvalue weighted by molar-refractivity contribution is -0.122. The largest absolute Gasteiger partial charge is 0.497 e. The van der Waals surface area contributed by atoms with Crippen LogP contribution in [0.25, 0.3) is 0 Å². The lowest BCUT2D eigenvalue weighted by atomic mass is 10.1. The summed E-state index contributed by atoms with van der Waals surface area (Å²) in [6.07, 6.45) is 2.57. The number of hydrogen-bond donors (Lipinski definition) is 1. The van der Waals surface area contributed by atoms with Gasteiger partial charge in [-0.25, -0.2) is 0 Å². The van der Waals surface area contributed by atoms with Gasteiger partial charge in [-0.05, 0) is 37.1 Å². The lowest BCUT2D eigenvalue weighted by Gasteiger charge is -2.22. The highest BCUT2D eigenvalue weighted by molar-refractivity contribution is 6.04. The van der Waals surface area contributed by atoms with Crippen LogP contribution >= 0.6 is 0 Å². The highest BCUT2D eigenvalue weighted by Gasteiger charge is 2.35. The zero-order valence-corrected chi connectivity index (χ0v) is 16.1. The molecule has 1 N–H and O–H groups in total. The van der Waals surface area contributed by atoms with Gasteiger partial charge in [0.2, 0.25) is 11.8 Å². The molecule has 2 fully saturated rings. The fourth-order valence-electron chi connectivity index (χ4n) is 3.96. The molecule has 2 aliphatic heterocycles. The van der Waals surface area contributed by atoms with E-state index in [1.54, 1.807) is 12.0 Å². The van der Waals surface area contributed by atoms with E-state index in [0.717, 1.165) is 30.2 Å². The number of benzene rings is 2. The van der Waals surface area contributed by atoms with Gasteiger partial charge in [0, 0.05) is 37.8 Å². The molecule has 1 atom stereocenters. The van der Waals surface area contributed by atoms with Crippen molar-refractivity contribution in [2.45, 2.75) is 19.3 Å². The molecule has 1 unspecified atom stereocenters. The van der Waals surface area contributed by atoms with Gasteiger partial charge in [-0.1, -0.05) is 18.2 Å². The van der Waals surface area contributed by atoms with Crippen molar-refractivity contribution < 1.29 is 14.3 Å². The number of hydrogen-bond acceptors (Lipinski definition) is 4. The Labute approximate surface area is 165 Å². The van der Waals surface area contributed by atoms with E-state index in [1.807, 2.05) is 48.5 Å². The molecule has 2 heterocycles. The predicted octanol–water partition coefficient (Wildman–Crippen LogP) is 3.29. The summed E-state index contributed by atoms with van der Waals surface area (Å²) in [5, 5.41) is 3.06. The van der Waals surface area contributed by atoms with E-state index in [0.29, 0.717) is 12.3 Å². The molecule has 28 heavy (non-hydrogen) atoms. The third-order valence-electron chi connectivity index (χ3n) is 5.47. The molecular formula is C22H25N3O3. The second-order valence-electron chi connectivity index (χ2n) is 7.31. The van der Waals surface area contributed by atoms with Gasteiger partial charge in [0.1, 0.15) is 5.75 Å². The minimum atomic E-state index is -0.370. The second-order valence-corrected chi connectivity index (χ2v) is 7.31. The van der Waals surface area contributed by atoms with Gasteiger partial charge in [-0.15, -0.1) is 0 Å². The minimum absolute atomic E-state index is 0.0405. The van der Waals surface area contributed by atoms with E-state index >= 15 is 0 Å². The molecule has 2 aromatic rings. The quantitative estimate of drug-likeness (QED) is 0.866. The highest BCUT2D eigenvalue weighted by Crippen LogP contribution is 2.31. The van der Waals surface area contributed by atoms with Crippen molar-refractivity contribution in [3.05, 3.63) is 48.5 Å². The fraction of sp³-hybridized carbons (Fsp3) is 0.364. The molecule has 0 spiro atoms. The van der Waals surface area contributed by atoms with Crippen LogP contribution in [0.4, 0.5) is 17.1 Å². The van der Waals surface area contributed by atoms with E-state index in [9.17, 15) is 9.59 Å². The Hall–Kier alpha value is -3.02. The number of amides is 2. The molecule has 2 aromatic carbocycles. The number of rotatable bonds is 5. The molecular weight excluding hydrogens is 354 g/mol. The number of ether oxygens (including phenoxy) is 1. The van der Waals surface area contributed by atoms with Crippen LogP contribution in [-0.4, -0.2) is 38.6 Å². The van der Waals surface area contributed by atoms with Crippen LogP contribution in [-0.2, 0) is 9.59 Å². The third kappa shape index (κ3) is 3.67. The van der Waals surface area contributed by atoms with Gasteiger partial charge >= 0.3 is 0 Å². The van der Waals surface area contributed by atoms with Crippen molar-refractivity contribution >= 4 is 28.9 Å². The maximum absolute atomic E-state index is 12.9. The summed E-state index contributed by atoms with van der Waals surface area (Å²) in [5.74, 6) is 0.176. The van der Waals surface area contributed by atoms with Crippen LogP contribution in [0.15, 0.2) is 48.5 Å². The lowest BCUT2D eigenvalue weighted by Crippen LogP contribution is -2.29. The van der Waals surface area contributed by atoms with E-state index in [-0.39, 0.29) is 24.2 Å². The second kappa shape index (κ2) is 7.92. The summed E-state index contributed by atoms with van der Waals surface area (Å²) in [6.45, 7) is 2.40. The van der Waals surface area contributed by atoms with Gasteiger partial charge in [0.05, 0.1) is 24.4 Å². The minimum Gasteiger partial charge on any atom is -0.497 e. The monoisotopic (exact) mass is 379 g/mol. The molecule has 6 heteroatoms. The average molecular weight is 379 g/mol. The maximum Gasteiger partial charge on any atom is 0.229 e. The Morgan fingerprint density at radius 3 is 2.68 bits per heavy atom. The molecule has 0 aliphatic carbocycles. The van der Waals surface area contributed by atoms with Crippen LogP contribution < -0.4 is 19.9 Å². The van der Waals surface area contributed by atoms with Crippen molar-refractivity contribution in [3.8, 4) is 5.75 Å². The number of carbonyl (C=O) groups excluding carboxylic acids is 2. The number of para-hydroxylation sites is 2. The first-order valence-corrected chi connectivity index (χ1v) is 9.75. The van der Waals surface area contributed by atoms with Gasteiger partial charge in [0.15, 0.2) is 0 Å². The summed E-state index contributed by atoms with van der Waals surface area (Å²) in [4.78, 5) is 29.4. The molecule has 0 aromatic heterocycles. The van der Waals surface area contributed by atoms with Crippen molar-refractivity contribution in [3.63, 3.8) is 0 Å². The number of methoxy groups -OCH3 is 1. The third-order valence-corrected chi connectivity index (χ3v) is 5.47. The van der Waals surface area contributed by atoms with Crippen LogP contribution in [0.1, 0.15) is 19.3 Å². The van der Waals surface area contributed by atoms with Crippen LogP contribution in [0.2, 0.25) is 0 Å². The van der Waals surface area contributed by atoms with Gasteiger partial charge < -0.3 is 19.9 Å². The van der Waals surface area contributed by atoms with E-state index in [1.165, 1.54) is 12.8 Å². The van der Waals surface area contributed by atoms with Crippen LogP contribution in [0.3, 0.4) is 0 Å². The van der Waals surface area contributed by atoms with E-state index in [2.05, 4.69) is 10.2 Å². The van der Waals surface area contributed by atoms with Gasteiger partial charge in [0.25, 0.3) is 0 Å². The number of carbonyl (C=O) groups is 2. The van der Waals surface area contributed by atoms with Crippen molar-refractivity contribution in [2.24, 2.45) is 5.92 Å². The maximum atomic E-state index is 12.9.